The van der Waals surface area contributed by atoms with Crippen molar-refractivity contribution in [3.8, 4) is 0 Å². The number of rotatable bonds is 3. The van der Waals surface area contributed by atoms with Crippen molar-refractivity contribution in [2.45, 2.75) is 45.2 Å². The predicted molar refractivity (Wildman–Crippen MR) is 77.0 cm³/mol. The highest BCUT2D eigenvalue weighted by molar-refractivity contribution is 5.39. The summed E-state index contributed by atoms with van der Waals surface area (Å²) in [5.74, 6) is 0. The quantitative estimate of drug-likeness (QED) is 0.916. The molecule has 0 saturated carbocycles. The lowest BCUT2D eigenvalue weighted by atomic mass is 9.88. The van der Waals surface area contributed by atoms with Gasteiger partial charge in [-0.15, -0.1) is 0 Å². The SMILES string of the molecule is CCn1nc(C)cc1CC1(N)CCc2ccccc21. The molecule has 1 unspecified atom stereocenters. The molecule has 0 spiro atoms. The maximum atomic E-state index is 6.69. The minimum atomic E-state index is -0.226. The van der Waals surface area contributed by atoms with Crippen molar-refractivity contribution in [1.29, 1.82) is 0 Å². The molecule has 3 nitrogen and oxygen atoms in total. The minimum absolute atomic E-state index is 0.226. The monoisotopic (exact) mass is 255 g/mol. The van der Waals surface area contributed by atoms with Gasteiger partial charge in [-0.3, -0.25) is 4.68 Å². The van der Waals surface area contributed by atoms with E-state index in [2.05, 4.69) is 47.0 Å². The van der Waals surface area contributed by atoms with Gasteiger partial charge >= 0.3 is 0 Å². The zero-order chi connectivity index (χ0) is 13.5. The van der Waals surface area contributed by atoms with Crippen molar-refractivity contribution in [1.82, 2.24) is 9.78 Å². The Labute approximate surface area is 114 Å². The molecule has 2 aromatic rings. The van der Waals surface area contributed by atoms with Gasteiger partial charge in [0.2, 0.25) is 0 Å². The summed E-state index contributed by atoms with van der Waals surface area (Å²) in [7, 11) is 0. The number of fused-ring (bicyclic) bond motifs is 1. The molecule has 0 radical (unpaired) electrons. The van der Waals surface area contributed by atoms with Crippen molar-refractivity contribution in [2.24, 2.45) is 5.73 Å². The molecule has 0 fully saturated rings. The normalized spacial score (nSPS) is 21.6. The second kappa shape index (κ2) is 4.49. The van der Waals surface area contributed by atoms with Gasteiger partial charge < -0.3 is 5.73 Å². The second-order valence-corrected chi connectivity index (χ2v) is 5.58. The largest absolute Gasteiger partial charge is 0.321 e. The number of aryl methyl sites for hydroxylation is 3. The molecule has 2 N–H and O–H groups in total. The van der Waals surface area contributed by atoms with Crippen LogP contribution in [0, 0.1) is 6.92 Å². The molecule has 1 aliphatic rings. The zero-order valence-electron chi connectivity index (χ0n) is 11.7. The molecule has 1 aliphatic carbocycles. The number of nitrogens with zero attached hydrogens (tertiary/aromatic N) is 2. The molecular formula is C16H21N3. The standard InChI is InChI=1S/C16H21N3/c1-3-19-14(10-12(2)18-19)11-16(17)9-8-13-6-4-5-7-15(13)16/h4-7,10H,3,8-9,11,17H2,1-2H3. The first kappa shape index (κ1) is 12.4. The fourth-order valence-electron chi connectivity index (χ4n) is 3.24. The molecule has 1 atom stereocenters. The van der Waals surface area contributed by atoms with Crippen LogP contribution >= 0.6 is 0 Å². The van der Waals surface area contributed by atoms with Crippen LogP contribution in [0.1, 0.15) is 35.9 Å². The highest BCUT2D eigenvalue weighted by Crippen LogP contribution is 2.37. The van der Waals surface area contributed by atoms with E-state index < -0.39 is 0 Å². The van der Waals surface area contributed by atoms with Crippen LogP contribution in [0.25, 0.3) is 0 Å². The number of hydrogen-bond acceptors (Lipinski definition) is 2. The fraction of sp³-hybridized carbons (Fsp3) is 0.438. The Balaban J connectivity index is 1.95. The summed E-state index contributed by atoms with van der Waals surface area (Å²) >= 11 is 0. The summed E-state index contributed by atoms with van der Waals surface area (Å²) in [5.41, 5.74) is 11.5. The topological polar surface area (TPSA) is 43.8 Å². The highest BCUT2D eigenvalue weighted by atomic mass is 15.3. The highest BCUT2D eigenvalue weighted by Gasteiger charge is 2.35. The average Bonchev–Trinajstić information content (AvgIpc) is 2.92. The van der Waals surface area contributed by atoms with E-state index >= 15 is 0 Å². The summed E-state index contributed by atoms with van der Waals surface area (Å²) in [6.45, 7) is 5.07. The van der Waals surface area contributed by atoms with Gasteiger partial charge in [-0.2, -0.15) is 5.10 Å². The lowest BCUT2D eigenvalue weighted by Crippen LogP contribution is -2.37. The van der Waals surface area contributed by atoms with Crippen LogP contribution < -0.4 is 5.73 Å². The molecule has 0 bridgehead atoms. The van der Waals surface area contributed by atoms with Crippen LogP contribution in [0.2, 0.25) is 0 Å². The molecule has 0 saturated heterocycles. The van der Waals surface area contributed by atoms with Gasteiger partial charge in [-0.25, -0.2) is 0 Å². The van der Waals surface area contributed by atoms with Crippen molar-refractivity contribution < 1.29 is 0 Å². The first-order valence-corrected chi connectivity index (χ1v) is 7.03. The number of benzene rings is 1. The molecule has 0 amide bonds. The average molecular weight is 255 g/mol. The Morgan fingerprint density at radius 3 is 2.95 bits per heavy atom. The molecule has 19 heavy (non-hydrogen) atoms. The zero-order valence-corrected chi connectivity index (χ0v) is 11.7. The Kier molecular flexibility index (Phi) is 2.94. The molecule has 1 aromatic carbocycles. The van der Waals surface area contributed by atoms with Crippen LogP contribution in [0.5, 0.6) is 0 Å². The third-order valence-corrected chi connectivity index (χ3v) is 4.18. The fourth-order valence-corrected chi connectivity index (χ4v) is 3.24. The molecule has 100 valence electrons. The third kappa shape index (κ3) is 2.08. The van der Waals surface area contributed by atoms with Crippen LogP contribution in [-0.2, 0) is 24.9 Å². The van der Waals surface area contributed by atoms with Gasteiger partial charge in [-0.1, -0.05) is 24.3 Å². The molecule has 1 heterocycles. The molecule has 1 aromatic heterocycles. The van der Waals surface area contributed by atoms with Crippen molar-refractivity contribution in [3.63, 3.8) is 0 Å². The summed E-state index contributed by atoms with van der Waals surface area (Å²) in [4.78, 5) is 0. The van der Waals surface area contributed by atoms with E-state index in [1.165, 1.54) is 16.8 Å². The Morgan fingerprint density at radius 1 is 1.37 bits per heavy atom. The van der Waals surface area contributed by atoms with Gasteiger partial charge in [0, 0.05) is 24.2 Å². The van der Waals surface area contributed by atoms with E-state index in [1.807, 2.05) is 6.92 Å². The van der Waals surface area contributed by atoms with E-state index in [0.29, 0.717) is 0 Å². The maximum absolute atomic E-state index is 6.69. The van der Waals surface area contributed by atoms with Crippen molar-refractivity contribution >= 4 is 0 Å². The number of hydrogen-bond donors (Lipinski definition) is 1. The van der Waals surface area contributed by atoms with Crippen LogP contribution in [0.15, 0.2) is 30.3 Å². The maximum Gasteiger partial charge on any atom is 0.0596 e. The van der Waals surface area contributed by atoms with Gasteiger partial charge in [0.05, 0.1) is 5.69 Å². The van der Waals surface area contributed by atoms with E-state index in [9.17, 15) is 0 Å². The van der Waals surface area contributed by atoms with Crippen molar-refractivity contribution in [2.75, 3.05) is 0 Å². The molecule has 3 rings (SSSR count). The Bertz CT molecular complexity index is 600. The Hall–Kier alpha value is -1.61. The molecule has 0 aliphatic heterocycles. The van der Waals surface area contributed by atoms with Gasteiger partial charge in [0.15, 0.2) is 0 Å². The summed E-state index contributed by atoms with van der Waals surface area (Å²) in [6, 6.07) is 10.7. The number of aromatic nitrogens is 2. The van der Waals surface area contributed by atoms with Crippen LogP contribution in [0.4, 0.5) is 0 Å². The Morgan fingerprint density at radius 2 is 2.16 bits per heavy atom. The summed E-state index contributed by atoms with van der Waals surface area (Å²) < 4.78 is 2.07. The first-order chi connectivity index (χ1) is 9.12. The van der Waals surface area contributed by atoms with E-state index in [-0.39, 0.29) is 5.54 Å². The van der Waals surface area contributed by atoms with Crippen LogP contribution in [0.3, 0.4) is 0 Å². The van der Waals surface area contributed by atoms with Crippen LogP contribution in [-0.4, -0.2) is 9.78 Å². The summed E-state index contributed by atoms with van der Waals surface area (Å²) in [6.07, 6.45) is 2.99. The molecular weight excluding hydrogens is 234 g/mol. The lowest BCUT2D eigenvalue weighted by Gasteiger charge is -2.25. The van der Waals surface area contributed by atoms with Gasteiger partial charge in [0.25, 0.3) is 0 Å². The lowest BCUT2D eigenvalue weighted by molar-refractivity contribution is 0.420. The first-order valence-electron chi connectivity index (χ1n) is 7.03. The second-order valence-electron chi connectivity index (χ2n) is 5.58. The number of nitrogens with two attached hydrogens (primary N) is 1. The smallest absolute Gasteiger partial charge is 0.0596 e. The van der Waals surface area contributed by atoms with Crippen molar-refractivity contribution in [3.05, 3.63) is 52.8 Å². The predicted octanol–water partition coefficient (Wildman–Crippen LogP) is 2.55. The van der Waals surface area contributed by atoms with E-state index in [0.717, 1.165) is 31.5 Å². The molecule has 3 heteroatoms. The van der Waals surface area contributed by atoms with Gasteiger partial charge in [-0.05, 0) is 43.9 Å². The third-order valence-electron chi connectivity index (χ3n) is 4.18. The summed E-state index contributed by atoms with van der Waals surface area (Å²) in [5, 5.41) is 4.52. The van der Waals surface area contributed by atoms with E-state index in [1.54, 1.807) is 0 Å². The van der Waals surface area contributed by atoms with Gasteiger partial charge in [0.1, 0.15) is 0 Å². The van der Waals surface area contributed by atoms with E-state index in [4.69, 9.17) is 5.73 Å². The minimum Gasteiger partial charge on any atom is -0.321 e.